The quantitative estimate of drug-likeness (QED) is 0.671. The third kappa shape index (κ3) is 7.59. The predicted octanol–water partition coefficient (Wildman–Crippen LogP) is 2.25. The third-order valence-electron chi connectivity index (χ3n) is 2.07. The summed E-state index contributed by atoms with van der Waals surface area (Å²) in [6.45, 7) is 8.35. The van der Waals surface area contributed by atoms with Crippen molar-refractivity contribution in [1.29, 1.82) is 0 Å². The van der Waals surface area contributed by atoms with Gasteiger partial charge in [0.25, 0.3) is 0 Å². The zero-order chi connectivity index (χ0) is 11.4. The van der Waals surface area contributed by atoms with Crippen LogP contribution in [-0.4, -0.2) is 26.9 Å². The molecule has 0 aromatic heterocycles. The predicted molar refractivity (Wildman–Crippen MR) is 59.1 cm³/mol. The first-order valence-electron chi connectivity index (χ1n) is 4.76. The molecule has 0 bridgehead atoms. The molecule has 3 nitrogen and oxygen atoms in total. The van der Waals surface area contributed by atoms with Gasteiger partial charge in [-0.3, -0.25) is 0 Å². The first-order chi connectivity index (χ1) is 6.22. The van der Waals surface area contributed by atoms with Crippen molar-refractivity contribution in [2.75, 3.05) is 12.4 Å². The summed E-state index contributed by atoms with van der Waals surface area (Å²) in [5.74, 6) is 0.354. The van der Waals surface area contributed by atoms with E-state index in [2.05, 4.69) is 13.8 Å². The molecule has 0 aliphatic rings. The Morgan fingerprint density at radius 3 is 2.07 bits per heavy atom. The number of halogens is 1. The molecule has 2 atom stereocenters. The summed E-state index contributed by atoms with van der Waals surface area (Å²) in [6.07, 6.45) is 0.149. The van der Waals surface area contributed by atoms with E-state index in [0.717, 1.165) is 0 Å². The molecule has 0 aliphatic carbocycles. The van der Waals surface area contributed by atoms with Gasteiger partial charge >= 0.3 is 0 Å². The molecule has 0 aliphatic heterocycles. The minimum Gasteiger partial charge on any atom is -0.378 e. The zero-order valence-corrected chi connectivity index (χ0v) is 10.7. The van der Waals surface area contributed by atoms with Crippen molar-refractivity contribution in [3.63, 3.8) is 0 Å². The number of rotatable bonds is 6. The molecule has 14 heavy (non-hydrogen) atoms. The van der Waals surface area contributed by atoms with Gasteiger partial charge in [-0.1, -0.05) is 20.8 Å². The van der Waals surface area contributed by atoms with Gasteiger partial charge in [0.15, 0.2) is 0 Å². The van der Waals surface area contributed by atoms with Gasteiger partial charge in [0.2, 0.25) is 9.05 Å². The Kier molecular flexibility index (Phi) is 6.02. The average molecular weight is 243 g/mol. The van der Waals surface area contributed by atoms with Crippen LogP contribution in [0.1, 0.15) is 27.7 Å². The maximum absolute atomic E-state index is 10.7. The van der Waals surface area contributed by atoms with E-state index in [1.165, 1.54) is 0 Å². The summed E-state index contributed by atoms with van der Waals surface area (Å²) >= 11 is 0. The molecule has 0 radical (unpaired) electrons. The molecule has 0 saturated carbocycles. The molecule has 0 N–H and O–H groups in total. The van der Waals surface area contributed by atoms with Gasteiger partial charge in [-0.15, -0.1) is 0 Å². The maximum Gasteiger partial charge on any atom is 0.232 e. The van der Waals surface area contributed by atoms with E-state index in [4.69, 9.17) is 15.4 Å². The summed E-state index contributed by atoms with van der Waals surface area (Å²) in [5, 5.41) is 0. The van der Waals surface area contributed by atoms with Crippen LogP contribution < -0.4 is 0 Å². The molecule has 0 amide bonds. The molecule has 0 heterocycles. The van der Waals surface area contributed by atoms with Crippen LogP contribution in [0, 0.1) is 11.8 Å². The minimum absolute atomic E-state index is 0.0284. The topological polar surface area (TPSA) is 43.4 Å². The van der Waals surface area contributed by atoms with Crippen LogP contribution in [0.2, 0.25) is 0 Å². The normalized spacial score (nSPS) is 17.0. The standard InChI is InChI=1S/C9H19ClO3S/c1-7(2)9(4)13-5-8(3)6-14(10,11)12/h7-9H,5-6H2,1-4H3. The van der Waals surface area contributed by atoms with E-state index in [-0.39, 0.29) is 17.8 Å². The van der Waals surface area contributed by atoms with Crippen LogP contribution in [0.4, 0.5) is 0 Å². The van der Waals surface area contributed by atoms with Crippen molar-refractivity contribution in [2.24, 2.45) is 11.8 Å². The lowest BCUT2D eigenvalue weighted by Gasteiger charge is -2.18. The van der Waals surface area contributed by atoms with Crippen LogP contribution in [0.5, 0.6) is 0 Å². The van der Waals surface area contributed by atoms with Crippen LogP contribution in [0.25, 0.3) is 0 Å². The van der Waals surface area contributed by atoms with E-state index in [0.29, 0.717) is 12.5 Å². The largest absolute Gasteiger partial charge is 0.378 e. The summed E-state index contributed by atoms with van der Waals surface area (Å²) in [7, 11) is 1.72. The fourth-order valence-corrected chi connectivity index (χ4v) is 2.32. The van der Waals surface area contributed by atoms with E-state index >= 15 is 0 Å². The number of ether oxygens (including phenoxy) is 1. The second-order valence-corrected chi connectivity index (χ2v) is 6.91. The van der Waals surface area contributed by atoms with Crippen LogP contribution in [0.3, 0.4) is 0 Å². The highest BCUT2D eigenvalue weighted by atomic mass is 35.7. The van der Waals surface area contributed by atoms with Gasteiger partial charge in [-0.2, -0.15) is 0 Å². The first-order valence-corrected chi connectivity index (χ1v) is 7.24. The van der Waals surface area contributed by atoms with Gasteiger partial charge < -0.3 is 4.74 Å². The van der Waals surface area contributed by atoms with Crippen molar-refractivity contribution >= 4 is 19.7 Å². The van der Waals surface area contributed by atoms with Crippen LogP contribution in [-0.2, 0) is 13.8 Å². The third-order valence-corrected chi connectivity index (χ3v) is 3.41. The maximum atomic E-state index is 10.7. The van der Waals surface area contributed by atoms with Crippen molar-refractivity contribution in [2.45, 2.75) is 33.8 Å². The van der Waals surface area contributed by atoms with Gasteiger partial charge in [-0.05, 0) is 18.8 Å². The van der Waals surface area contributed by atoms with Gasteiger partial charge in [0.05, 0.1) is 18.5 Å². The molecule has 2 unspecified atom stereocenters. The molecule has 0 aromatic carbocycles. The minimum atomic E-state index is -3.40. The molecule has 86 valence electrons. The Bertz CT molecular complexity index is 249. The smallest absolute Gasteiger partial charge is 0.232 e. The SMILES string of the molecule is CC(COC(C)C(C)C)CS(=O)(=O)Cl. The second kappa shape index (κ2) is 5.93. The summed E-state index contributed by atoms with van der Waals surface area (Å²) in [4.78, 5) is 0. The lowest BCUT2D eigenvalue weighted by atomic mass is 10.1. The van der Waals surface area contributed by atoms with Crippen molar-refractivity contribution in [3.8, 4) is 0 Å². The van der Waals surface area contributed by atoms with Gasteiger partial charge in [0.1, 0.15) is 0 Å². The van der Waals surface area contributed by atoms with Crippen LogP contribution >= 0.6 is 10.7 Å². The van der Waals surface area contributed by atoms with Crippen molar-refractivity contribution in [1.82, 2.24) is 0 Å². The molecular formula is C9H19ClO3S. The Labute approximate surface area is 91.2 Å². The Balaban J connectivity index is 3.80. The molecule has 0 rings (SSSR count). The highest BCUT2D eigenvalue weighted by Crippen LogP contribution is 2.10. The number of hydrogen-bond acceptors (Lipinski definition) is 3. The summed E-state index contributed by atoms with van der Waals surface area (Å²) in [5.41, 5.74) is 0. The molecule has 0 fully saturated rings. The fraction of sp³-hybridized carbons (Fsp3) is 1.00. The first kappa shape index (κ1) is 14.2. The Hall–Kier alpha value is 0.200. The molecule has 5 heteroatoms. The fourth-order valence-electron chi connectivity index (χ4n) is 0.896. The van der Waals surface area contributed by atoms with Crippen LogP contribution in [0.15, 0.2) is 0 Å². The van der Waals surface area contributed by atoms with Gasteiger partial charge in [-0.25, -0.2) is 8.42 Å². The summed E-state index contributed by atoms with van der Waals surface area (Å²) < 4.78 is 26.9. The van der Waals surface area contributed by atoms with E-state index < -0.39 is 9.05 Å². The average Bonchev–Trinajstić information content (AvgIpc) is 1.96. The van der Waals surface area contributed by atoms with E-state index in [1.807, 2.05) is 13.8 Å². The summed E-state index contributed by atoms with van der Waals surface area (Å²) in [6, 6.07) is 0. The molecule has 0 aromatic rings. The molecule has 0 spiro atoms. The van der Waals surface area contributed by atoms with Crippen molar-refractivity contribution < 1.29 is 13.2 Å². The van der Waals surface area contributed by atoms with Crippen molar-refractivity contribution in [3.05, 3.63) is 0 Å². The van der Waals surface area contributed by atoms with E-state index in [9.17, 15) is 8.42 Å². The van der Waals surface area contributed by atoms with Gasteiger partial charge in [0, 0.05) is 10.7 Å². The Morgan fingerprint density at radius 2 is 1.71 bits per heavy atom. The molecular weight excluding hydrogens is 224 g/mol. The zero-order valence-electron chi connectivity index (χ0n) is 9.16. The number of hydrogen-bond donors (Lipinski definition) is 0. The van der Waals surface area contributed by atoms with E-state index in [1.54, 1.807) is 0 Å². The highest BCUT2D eigenvalue weighted by Gasteiger charge is 2.15. The lowest BCUT2D eigenvalue weighted by Crippen LogP contribution is -2.22. The second-order valence-electron chi connectivity index (χ2n) is 4.09. The molecule has 0 saturated heterocycles. The monoisotopic (exact) mass is 242 g/mol. The lowest BCUT2D eigenvalue weighted by molar-refractivity contribution is 0.0205. The Morgan fingerprint density at radius 1 is 1.21 bits per heavy atom. The highest BCUT2D eigenvalue weighted by molar-refractivity contribution is 8.13.